The first-order valence-electron chi connectivity index (χ1n) is 11.4. The Kier molecular flexibility index (Phi) is 5.11. The number of rotatable bonds is 2. The molecule has 1 heterocycles. The lowest BCUT2D eigenvalue weighted by atomic mass is 9.62. The molecular formula is C24H26N4O6. The third kappa shape index (κ3) is 3.24. The average Bonchev–Trinajstić information content (AvgIpc) is 3.30. The maximum atomic E-state index is 13.5. The molecule has 34 heavy (non-hydrogen) atoms. The number of phenolic OH excluding ortho intramolecular Hbond substituents is 1. The summed E-state index contributed by atoms with van der Waals surface area (Å²) in [7, 11) is 0. The number of ketones is 2. The molecule has 0 spiro atoms. The van der Waals surface area contributed by atoms with Crippen LogP contribution in [0.5, 0.6) is 5.75 Å². The maximum absolute atomic E-state index is 13.5. The molecule has 4 aliphatic rings. The number of Topliss-reactive ketones (excluding diaryl/α,β-unsaturated/α-hetero) is 2. The van der Waals surface area contributed by atoms with Gasteiger partial charge in [-0.2, -0.15) is 0 Å². The van der Waals surface area contributed by atoms with Crippen LogP contribution in [-0.2, 0) is 16.0 Å². The number of anilines is 1. The van der Waals surface area contributed by atoms with Crippen LogP contribution in [0.25, 0.3) is 0 Å². The standard InChI is InChI=1S/C24H26N4O6/c25-23(34)19-15(30)9-11-7-10-8-12-13(27-24(26)28-5-1-2-6-28)3-4-14(29)18(12)21(32)16(10)20(31)17(11)22(19)33/h3-4,10-11,17,29-31H,1-2,5-9H2,(H2,25,34)(H2,26,27). The van der Waals surface area contributed by atoms with Gasteiger partial charge in [0, 0.05) is 30.8 Å². The van der Waals surface area contributed by atoms with Crippen molar-refractivity contribution in [2.75, 3.05) is 18.4 Å². The minimum absolute atomic E-state index is 0.00563. The van der Waals surface area contributed by atoms with E-state index in [0.29, 0.717) is 24.1 Å². The molecule has 0 radical (unpaired) electrons. The fourth-order valence-corrected chi connectivity index (χ4v) is 5.90. The summed E-state index contributed by atoms with van der Waals surface area (Å²) in [5, 5.41) is 43.3. The van der Waals surface area contributed by atoms with Crippen molar-refractivity contribution in [2.24, 2.45) is 23.5 Å². The zero-order valence-electron chi connectivity index (χ0n) is 18.4. The second-order valence-electron chi connectivity index (χ2n) is 9.41. The molecule has 0 saturated carbocycles. The Labute approximate surface area is 195 Å². The number of aliphatic hydroxyl groups excluding tert-OH is 2. The maximum Gasteiger partial charge on any atom is 0.255 e. The third-order valence-electron chi connectivity index (χ3n) is 7.45. The molecule has 1 aromatic rings. The normalized spacial score (nSPS) is 26.2. The highest BCUT2D eigenvalue weighted by molar-refractivity contribution is 6.22. The van der Waals surface area contributed by atoms with Crippen molar-refractivity contribution < 1.29 is 29.7 Å². The van der Waals surface area contributed by atoms with Gasteiger partial charge in [-0.3, -0.25) is 19.8 Å². The fraction of sp³-hybridized carbons (Fsp3) is 0.417. The molecule has 1 aromatic carbocycles. The Bertz CT molecular complexity index is 1210. The summed E-state index contributed by atoms with van der Waals surface area (Å²) in [6, 6.07) is 3.00. The molecule has 0 bridgehead atoms. The number of allylic oxidation sites excluding steroid dienone is 3. The molecule has 5 rings (SSSR count). The predicted molar refractivity (Wildman–Crippen MR) is 122 cm³/mol. The van der Waals surface area contributed by atoms with E-state index in [1.54, 1.807) is 6.07 Å². The van der Waals surface area contributed by atoms with Crippen LogP contribution in [0.4, 0.5) is 5.69 Å². The van der Waals surface area contributed by atoms with Crippen molar-refractivity contribution in [2.45, 2.75) is 32.1 Å². The molecule has 10 heteroatoms. The van der Waals surface area contributed by atoms with Crippen molar-refractivity contribution in [3.8, 4) is 5.75 Å². The van der Waals surface area contributed by atoms with Gasteiger partial charge in [0.15, 0.2) is 17.5 Å². The van der Waals surface area contributed by atoms with Crippen molar-refractivity contribution in [1.29, 1.82) is 5.41 Å². The highest BCUT2D eigenvalue weighted by atomic mass is 16.3. The van der Waals surface area contributed by atoms with E-state index in [1.807, 2.05) is 4.90 Å². The fourth-order valence-electron chi connectivity index (χ4n) is 5.90. The lowest BCUT2D eigenvalue weighted by molar-refractivity contribution is -0.126. The number of likely N-dealkylation sites (tertiary alicyclic amines) is 1. The van der Waals surface area contributed by atoms with Crippen molar-refractivity contribution in [3.05, 3.63) is 45.9 Å². The van der Waals surface area contributed by atoms with Crippen molar-refractivity contribution in [1.82, 2.24) is 4.90 Å². The van der Waals surface area contributed by atoms with Crippen LogP contribution >= 0.6 is 0 Å². The highest BCUT2D eigenvalue weighted by Crippen LogP contribution is 2.50. The van der Waals surface area contributed by atoms with E-state index in [-0.39, 0.29) is 29.3 Å². The molecule has 0 aromatic heterocycles. The Balaban J connectivity index is 1.54. The number of nitrogens with zero attached hydrogens (tertiary/aromatic N) is 1. The van der Waals surface area contributed by atoms with Gasteiger partial charge in [0.05, 0.1) is 11.5 Å². The number of nitrogens with one attached hydrogen (secondary N) is 2. The van der Waals surface area contributed by atoms with Gasteiger partial charge in [-0.05, 0) is 55.2 Å². The Hall–Kier alpha value is -3.82. The molecule has 1 saturated heterocycles. The number of nitrogens with two attached hydrogens (primary N) is 1. The quantitative estimate of drug-likeness (QED) is 0.166. The van der Waals surface area contributed by atoms with Crippen LogP contribution in [0, 0.1) is 23.2 Å². The molecule has 178 valence electrons. The van der Waals surface area contributed by atoms with Gasteiger partial charge in [0.1, 0.15) is 22.8 Å². The number of hydrogen-bond acceptors (Lipinski definition) is 7. The zero-order valence-corrected chi connectivity index (χ0v) is 18.4. The highest BCUT2D eigenvalue weighted by Gasteiger charge is 2.50. The van der Waals surface area contributed by atoms with Gasteiger partial charge in [0.25, 0.3) is 5.91 Å². The van der Waals surface area contributed by atoms with Crippen molar-refractivity contribution in [3.63, 3.8) is 0 Å². The summed E-state index contributed by atoms with van der Waals surface area (Å²) in [5.41, 5.74) is 5.89. The smallest absolute Gasteiger partial charge is 0.255 e. The van der Waals surface area contributed by atoms with E-state index in [9.17, 15) is 29.7 Å². The molecule has 1 aliphatic heterocycles. The summed E-state index contributed by atoms with van der Waals surface area (Å²) < 4.78 is 0. The van der Waals surface area contributed by atoms with Gasteiger partial charge < -0.3 is 31.3 Å². The number of guanidine groups is 1. The minimum Gasteiger partial charge on any atom is -0.511 e. The van der Waals surface area contributed by atoms with Crippen LogP contribution < -0.4 is 11.1 Å². The summed E-state index contributed by atoms with van der Waals surface area (Å²) in [5.74, 6) is -5.35. The topological polar surface area (TPSA) is 177 Å². The summed E-state index contributed by atoms with van der Waals surface area (Å²) in [6.45, 7) is 1.55. The largest absolute Gasteiger partial charge is 0.511 e. The van der Waals surface area contributed by atoms with Crippen LogP contribution in [0.15, 0.2) is 34.8 Å². The predicted octanol–water partition coefficient (Wildman–Crippen LogP) is 1.91. The first-order chi connectivity index (χ1) is 16.2. The van der Waals surface area contributed by atoms with Crippen LogP contribution in [0.2, 0.25) is 0 Å². The second kappa shape index (κ2) is 7.89. The molecule has 1 amide bonds. The number of hydrogen-bond donors (Lipinski definition) is 6. The van der Waals surface area contributed by atoms with Crippen LogP contribution in [0.3, 0.4) is 0 Å². The molecule has 7 N–H and O–H groups in total. The average molecular weight is 466 g/mol. The molecule has 3 unspecified atom stereocenters. The van der Waals surface area contributed by atoms with Crippen LogP contribution in [0.1, 0.15) is 41.6 Å². The lowest BCUT2D eigenvalue weighted by Crippen LogP contribution is -2.43. The van der Waals surface area contributed by atoms with Gasteiger partial charge >= 0.3 is 0 Å². The summed E-state index contributed by atoms with van der Waals surface area (Å²) >= 11 is 0. The molecule has 3 aliphatic carbocycles. The Morgan fingerprint density at radius 2 is 1.82 bits per heavy atom. The second-order valence-corrected chi connectivity index (χ2v) is 9.41. The number of carbonyl (C=O) groups is 3. The molecular weight excluding hydrogens is 440 g/mol. The number of amides is 1. The number of carbonyl (C=O) groups excluding carboxylic acids is 3. The number of aliphatic hydroxyl groups is 2. The minimum atomic E-state index is -1.14. The van der Waals surface area contributed by atoms with Gasteiger partial charge in [-0.25, -0.2) is 0 Å². The van der Waals surface area contributed by atoms with E-state index in [4.69, 9.17) is 11.1 Å². The van der Waals surface area contributed by atoms with Gasteiger partial charge in [-0.1, -0.05) is 0 Å². The van der Waals surface area contributed by atoms with E-state index in [0.717, 1.165) is 25.9 Å². The molecule has 3 atom stereocenters. The zero-order chi connectivity index (χ0) is 24.3. The SMILES string of the molecule is N=C(Nc1ccc(O)c2c1CC1CC3CC(O)=C(C(N)=O)C(=O)C3C(O)=C1C2=O)N1CCCC1. The first kappa shape index (κ1) is 22.0. The van der Waals surface area contributed by atoms with E-state index >= 15 is 0 Å². The third-order valence-corrected chi connectivity index (χ3v) is 7.45. The molecule has 1 fully saturated rings. The lowest BCUT2D eigenvalue weighted by Gasteiger charge is -2.41. The number of benzene rings is 1. The number of phenols is 1. The van der Waals surface area contributed by atoms with E-state index in [2.05, 4.69) is 5.32 Å². The first-order valence-corrected chi connectivity index (χ1v) is 11.4. The van der Waals surface area contributed by atoms with E-state index < -0.39 is 52.3 Å². The molecule has 10 nitrogen and oxygen atoms in total. The number of primary amides is 1. The summed E-state index contributed by atoms with van der Waals surface area (Å²) in [6.07, 6.45) is 2.64. The Morgan fingerprint density at radius 3 is 2.50 bits per heavy atom. The number of aromatic hydroxyl groups is 1. The number of fused-ring (bicyclic) bond motifs is 3. The van der Waals surface area contributed by atoms with E-state index in [1.165, 1.54) is 6.07 Å². The van der Waals surface area contributed by atoms with Gasteiger partial charge in [0.2, 0.25) is 0 Å². The monoisotopic (exact) mass is 466 g/mol. The van der Waals surface area contributed by atoms with Crippen LogP contribution in [-0.4, -0.2) is 56.7 Å². The van der Waals surface area contributed by atoms with Gasteiger partial charge in [-0.15, -0.1) is 0 Å². The Morgan fingerprint density at radius 1 is 1.12 bits per heavy atom. The summed E-state index contributed by atoms with van der Waals surface area (Å²) in [4.78, 5) is 40.0. The van der Waals surface area contributed by atoms with Crippen molar-refractivity contribution >= 4 is 29.1 Å².